The van der Waals surface area contributed by atoms with E-state index in [9.17, 15) is 0 Å². The standard InChI is InChI=1S/C64H36N6O3/c1-2-11-37(12-3-1)62-66-63(38-21-24-42(25-22-38)69-49-18-7-4-15-44(49)58-51(69)28-31-55-60(58)46-17-6-9-20-53(46)72-55)68-64(67-62)41-14-10-13-39(33-41)40-23-27-47-57(34-40)73-56-32-29-52-59(61(47)56)45-16-5-8-19-50(45)70(52)43-26-30-54-48(35-43)65-36-71-54/h1-36H. The molecule has 0 saturated heterocycles. The number of para-hydroxylation sites is 3. The minimum absolute atomic E-state index is 0.583. The average molecular weight is 937 g/mol. The van der Waals surface area contributed by atoms with Crippen LogP contribution in [0.2, 0.25) is 0 Å². The third kappa shape index (κ3) is 5.96. The molecule has 73 heavy (non-hydrogen) atoms. The second-order valence-corrected chi connectivity index (χ2v) is 18.6. The summed E-state index contributed by atoms with van der Waals surface area (Å²) in [4.78, 5) is 19.8. The first-order chi connectivity index (χ1) is 36.2. The first kappa shape index (κ1) is 39.7. The highest BCUT2D eigenvalue weighted by Gasteiger charge is 2.22. The molecule has 6 aromatic heterocycles. The van der Waals surface area contributed by atoms with Gasteiger partial charge in [-0.05, 0) is 114 Å². The molecule has 0 radical (unpaired) electrons. The molecule has 0 aliphatic rings. The smallest absolute Gasteiger partial charge is 0.181 e. The highest BCUT2D eigenvalue weighted by molar-refractivity contribution is 6.28. The van der Waals surface area contributed by atoms with Gasteiger partial charge in [0.2, 0.25) is 0 Å². The molecule has 10 aromatic carbocycles. The van der Waals surface area contributed by atoms with Crippen LogP contribution in [0.5, 0.6) is 0 Å². The zero-order chi connectivity index (χ0) is 47.7. The van der Waals surface area contributed by atoms with Gasteiger partial charge in [0.05, 0.1) is 22.1 Å². The Labute approximate surface area is 414 Å². The van der Waals surface area contributed by atoms with Gasteiger partial charge in [-0.2, -0.15) is 0 Å². The molecule has 0 amide bonds. The number of hydrogen-bond donors (Lipinski definition) is 0. The summed E-state index contributed by atoms with van der Waals surface area (Å²) in [6.07, 6.45) is 1.49. The Kier molecular flexibility index (Phi) is 8.26. The molecule has 0 spiro atoms. The zero-order valence-electron chi connectivity index (χ0n) is 38.7. The highest BCUT2D eigenvalue weighted by Crippen LogP contribution is 2.44. The van der Waals surface area contributed by atoms with Crippen molar-refractivity contribution >= 4 is 98.6 Å². The summed E-state index contributed by atoms with van der Waals surface area (Å²) in [7, 11) is 0. The maximum atomic E-state index is 6.71. The topological polar surface area (TPSA) is 101 Å². The molecule has 0 saturated carbocycles. The number of oxazole rings is 1. The van der Waals surface area contributed by atoms with Crippen LogP contribution in [0, 0.1) is 0 Å². The first-order valence-electron chi connectivity index (χ1n) is 24.3. The molecule has 0 unspecified atom stereocenters. The predicted molar refractivity (Wildman–Crippen MR) is 292 cm³/mol. The van der Waals surface area contributed by atoms with Crippen LogP contribution in [0.15, 0.2) is 232 Å². The van der Waals surface area contributed by atoms with Crippen molar-refractivity contribution in [3.05, 3.63) is 219 Å². The van der Waals surface area contributed by atoms with Gasteiger partial charge in [-0.25, -0.2) is 19.9 Å². The minimum atomic E-state index is 0.583. The van der Waals surface area contributed by atoms with E-state index in [1.807, 2.05) is 48.5 Å². The molecule has 0 atom stereocenters. The van der Waals surface area contributed by atoms with Crippen molar-refractivity contribution in [2.45, 2.75) is 0 Å². The average Bonchev–Trinajstić information content (AvgIpc) is 4.29. The second kappa shape index (κ2) is 15.2. The van der Waals surface area contributed by atoms with Gasteiger partial charge < -0.3 is 22.4 Å². The van der Waals surface area contributed by atoms with Crippen molar-refractivity contribution in [3.63, 3.8) is 0 Å². The van der Waals surface area contributed by atoms with Crippen LogP contribution >= 0.6 is 0 Å². The normalized spacial score (nSPS) is 12.1. The Morgan fingerprint density at radius 3 is 1.55 bits per heavy atom. The Morgan fingerprint density at radius 1 is 0.301 bits per heavy atom. The maximum Gasteiger partial charge on any atom is 0.181 e. The monoisotopic (exact) mass is 936 g/mol. The molecular weight excluding hydrogens is 901 g/mol. The fraction of sp³-hybridized carbons (Fsp3) is 0. The van der Waals surface area contributed by atoms with Crippen LogP contribution in [0.4, 0.5) is 0 Å². The third-order valence-electron chi connectivity index (χ3n) is 14.5. The first-order valence-corrected chi connectivity index (χ1v) is 24.3. The van der Waals surface area contributed by atoms with Crippen LogP contribution in [-0.4, -0.2) is 29.1 Å². The number of fused-ring (bicyclic) bond motifs is 15. The lowest BCUT2D eigenvalue weighted by molar-refractivity contribution is 0.602. The largest absolute Gasteiger partial charge is 0.456 e. The van der Waals surface area contributed by atoms with Crippen molar-refractivity contribution in [1.82, 2.24) is 29.1 Å². The molecule has 0 bridgehead atoms. The predicted octanol–water partition coefficient (Wildman–Crippen LogP) is 16.7. The molecule has 0 aliphatic carbocycles. The summed E-state index contributed by atoms with van der Waals surface area (Å²) in [5.41, 5.74) is 16.2. The molecule has 9 nitrogen and oxygen atoms in total. The van der Waals surface area contributed by atoms with Crippen molar-refractivity contribution in [2.75, 3.05) is 0 Å². The summed E-state index contributed by atoms with van der Waals surface area (Å²) in [6.45, 7) is 0. The van der Waals surface area contributed by atoms with Crippen LogP contribution in [0.25, 0.3) is 155 Å². The van der Waals surface area contributed by atoms with Crippen LogP contribution < -0.4 is 0 Å². The van der Waals surface area contributed by atoms with Gasteiger partial charge in [0.1, 0.15) is 27.8 Å². The SMILES string of the molecule is c1ccc(-c2nc(-c3ccc(-n4c5ccccc5c5c6c(ccc54)oc4ccccc46)cc3)nc(-c3cccc(-c4ccc5c(c4)oc4ccc6c(c7ccccc7n6-c6ccc7ocnc7c6)c45)c3)n2)cc1. The summed E-state index contributed by atoms with van der Waals surface area (Å²) in [5, 5.41) is 9.03. The lowest BCUT2D eigenvalue weighted by Gasteiger charge is -2.11. The molecule has 16 rings (SSSR count). The lowest BCUT2D eigenvalue weighted by Crippen LogP contribution is -2.00. The second-order valence-electron chi connectivity index (χ2n) is 18.6. The molecule has 340 valence electrons. The fourth-order valence-electron chi connectivity index (χ4n) is 11.3. The van der Waals surface area contributed by atoms with Gasteiger partial charge in [0, 0.05) is 71.2 Å². The van der Waals surface area contributed by atoms with Gasteiger partial charge in [0.15, 0.2) is 29.4 Å². The van der Waals surface area contributed by atoms with Crippen molar-refractivity contribution in [1.29, 1.82) is 0 Å². The molecular formula is C64H36N6O3. The quantitative estimate of drug-likeness (QED) is 0.164. The molecule has 0 N–H and O–H groups in total. The van der Waals surface area contributed by atoms with Gasteiger partial charge in [-0.15, -0.1) is 0 Å². The highest BCUT2D eigenvalue weighted by atomic mass is 16.3. The van der Waals surface area contributed by atoms with Gasteiger partial charge in [-0.3, -0.25) is 0 Å². The minimum Gasteiger partial charge on any atom is -0.456 e. The maximum absolute atomic E-state index is 6.71. The van der Waals surface area contributed by atoms with E-state index in [4.69, 9.17) is 28.2 Å². The van der Waals surface area contributed by atoms with Gasteiger partial charge in [0.25, 0.3) is 0 Å². The summed E-state index contributed by atoms with van der Waals surface area (Å²) in [5.74, 6) is 1.77. The zero-order valence-corrected chi connectivity index (χ0v) is 38.7. The Hall–Kier alpha value is -10.1. The number of furan rings is 2. The van der Waals surface area contributed by atoms with Crippen molar-refractivity contribution in [2.24, 2.45) is 0 Å². The van der Waals surface area contributed by atoms with Crippen LogP contribution in [0.1, 0.15) is 0 Å². The van der Waals surface area contributed by atoms with Gasteiger partial charge >= 0.3 is 0 Å². The Balaban J connectivity index is 0.792. The number of rotatable bonds is 6. The van der Waals surface area contributed by atoms with E-state index < -0.39 is 0 Å². The molecule has 0 fully saturated rings. The Bertz CT molecular complexity index is 4920. The van der Waals surface area contributed by atoms with Crippen molar-refractivity contribution < 1.29 is 13.3 Å². The summed E-state index contributed by atoms with van der Waals surface area (Å²) < 4.78 is 23.3. The summed E-state index contributed by atoms with van der Waals surface area (Å²) >= 11 is 0. The van der Waals surface area contributed by atoms with E-state index in [2.05, 4.69) is 178 Å². The van der Waals surface area contributed by atoms with Crippen molar-refractivity contribution in [3.8, 4) is 56.7 Å². The van der Waals surface area contributed by atoms with E-state index >= 15 is 0 Å². The molecule has 6 heterocycles. The van der Waals surface area contributed by atoms with Crippen LogP contribution in [0.3, 0.4) is 0 Å². The number of nitrogens with zero attached hydrogens (tertiary/aromatic N) is 6. The summed E-state index contributed by atoms with van der Waals surface area (Å²) in [6, 6.07) is 73.6. The Morgan fingerprint density at radius 2 is 0.822 bits per heavy atom. The number of benzene rings is 10. The molecule has 0 aliphatic heterocycles. The van der Waals surface area contributed by atoms with E-state index in [0.717, 1.165) is 127 Å². The lowest BCUT2D eigenvalue weighted by atomic mass is 10.00. The molecule has 9 heteroatoms. The van der Waals surface area contributed by atoms with E-state index in [1.54, 1.807) is 0 Å². The number of aromatic nitrogens is 6. The molecule has 16 aromatic rings. The third-order valence-corrected chi connectivity index (χ3v) is 14.5. The van der Waals surface area contributed by atoms with E-state index in [-0.39, 0.29) is 0 Å². The van der Waals surface area contributed by atoms with Crippen LogP contribution in [-0.2, 0) is 0 Å². The van der Waals surface area contributed by atoms with Gasteiger partial charge in [-0.1, -0.05) is 109 Å². The number of hydrogen-bond acceptors (Lipinski definition) is 7. The van der Waals surface area contributed by atoms with E-state index in [0.29, 0.717) is 17.5 Å². The fourth-order valence-corrected chi connectivity index (χ4v) is 11.3. The van der Waals surface area contributed by atoms with E-state index in [1.165, 1.54) is 17.2 Å².